The van der Waals surface area contributed by atoms with Gasteiger partial charge in [0.15, 0.2) is 0 Å². The third-order valence-corrected chi connectivity index (χ3v) is 4.56. The minimum atomic E-state index is -0.990. The van der Waals surface area contributed by atoms with Crippen LogP contribution in [0.5, 0.6) is 0 Å². The molecule has 0 saturated carbocycles. The molecule has 0 bridgehead atoms. The van der Waals surface area contributed by atoms with Gasteiger partial charge in [0.2, 0.25) is 0 Å². The standard InChI is InChI=1S/C19H20N4O.C6H5NO2.Os/c24-15-16-7-10-22-19(11-16)14-23(12-17-5-1-3-8-20-17)13-18-6-2-4-9-21-18;8-6(9)5-3-1-2-4-7-5;/h1-11,24H,12-15H2;1-4H,(H,8,9);. The Hall–Kier alpha value is -3.37. The van der Waals surface area contributed by atoms with Crippen LogP contribution in [0.3, 0.4) is 0 Å². The molecule has 0 amide bonds. The van der Waals surface area contributed by atoms with Crippen molar-refractivity contribution >= 4 is 5.97 Å². The first kappa shape index (κ1) is 26.9. The van der Waals surface area contributed by atoms with Crippen molar-refractivity contribution in [1.82, 2.24) is 24.8 Å². The van der Waals surface area contributed by atoms with Gasteiger partial charge in [0.25, 0.3) is 0 Å². The van der Waals surface area contributed by atoms with Crippen LogP contribution in [-0.4, -0.2) is 41.0 Å². The zero-order valence-electron chi connectivity index (χ0n) is 18.4. The van der Waals surface area contributed by atoms with Gasteiger partial charge < -0.3 is 10.2 Å². The molecular formula is C25H25N5O3Os. The summed E-state index contributed by atoms with van der Waals surface area (Å²) in [6.45, 7) is 2.11. The van der Waals surface area contributed by atoms with Gasteiger partial charge in [-0.3, -0.25) is 19.9 Å². The SMILES string of the molecule is O=C(O)c1ccccn1.OCc1ccnc(CN(Cc2ccccn2)Cc2ccccn2)c1.[Os]. The van der Waals surface area contributed by atoms with Crippen LogP contribution >= 0.6 is 0 Å². The molecule has 34 heavy (non-hydrogen) atoms. The average molecular weight is 634 g/mol. The number of carbonyl (C=O) groups is 1. The number of aliphatic hydroxyl groups is 1. The number of aromatic carboxylic acids is 1. The van der Waals surface area contributed by atoms with Crippen molar-refractivity contribution in [2.75, 3.05) is 0 Å². The maximum absolute atomic E-state index is 10.1. The Bertz CT molecular complexity index is 1080. The van der Waals surface area contributed by atoms with Crippen molar-refractivity contribution in [2.24, 2.45) is 0 Å². The van der Waals surface area contributed by atoms with E-state index in [2.05, 4.69) is 24.8 Å². The quantitative estimate of drug-likeness (QED) is 0.304. The van der Waals surface area contributed by atoms with Crippen LogP contribution in [0, 0.1) is 0 Å². The molecule has 0 aliphatic rings. The third kappa shape index (κ3) is 9.24. The van der Waals surface area contributed by atoms with E-state index in [4.69, 9.17) is 5.11 Å². The first-order valence-electron chi connectivity index (χ1n) is 10.3. The molecule has 0 aromatic carbocycles. The molecule has 2 N–H and O–H groups in total. The second-order valence-electron chi connectivity index (χ2n) is 7.12. The third-order valence-electron chi connectivity index (χ3n) is 4.56. The number of rotatable bonds is 8. The van der Waals surface area contributed by atoms with E-state index in [0.717, 1.165) is 22.6 Å². The number of nitrogens with zero attached hydrogens (tertiary/aromatic N) is 5. The van der Waals surface area contributed by atoms with Gasteiger partial charge in [-0.1, -0.05) is 18.2 Å². The van der Waals surface area contributed by atoms with Crippen LogP contribution in [0.15, 0.2) is 91.5 Å². The number of pyridine rings is 4. The van der Waals surface area contributed by atoms with Gasteiger partial charge in [-0.15, -0.1) is 0 Å². The van der Waals surface area contributed by atoms with Crippen molar-refractivity contribution in [1.29, 1.82) is 0 Å². The number of hydrogen-bond donors (Lipinski definition) is 2. The maximum atomic E-state index is 10.1. The Morgan fingerprint density at radius 3 is 1.68 bits per heavy atom. The average Bonchev–Trinajstić information content (AvgIpc) is 2.86. The van der Waals surface area contributed by atoms with E-state index < -0.39 is 5.97 Å². The Labute approximate surface area is 211 Å². The minimum Gasteiger partial charge on any atom is -0.477 e. The van der Waals surface area contributed by atoms with E-state index in [1.165, 1.54) is 12.3 Å². The largest absolute Gasteiger partial charge is 0.477 e. The summed E-state index contributed by atoms with van der Waals surface area (Å²) >= 11 is 0. The smallest absolute Gasteiger partial charge is 0.354 e. The van der Waals surface area contributed by atoms with Crippen LogP contribution in [0.1, 0.15) is 33.1 Å². The zero-order chi connectivity index (χ0) is 23.3. The monoisotopic (exact) mass is 635 g/mol. The zero-order valence-corrected chi connectivity index (χ0v) is 20.9. The van der Waals surface area contributed by atoms with Crippen LogP contribution in [0.2, 0.25) is 0 Å². The van der Waals surface area contributed by atoms with Crippen LogP contribution < -0.4 is 0 Å². The van der Waals surface area contributed by atoms with Gasteiger partial charge in [0, 0.05) is 64.2 Å². The molecule has 0 fully saturated rings. The molecule has 8 nitrogen and oxygen atoms in total. The number of aliphatic hydroxyl groups excluding tert-OH is 1. The van der Waals surface area contributed by atoms with E-state index >= 15 is 0 Å². The Morgan fingerprint density at radius 2 is 1.24 bits per heavy atom. The Morgan fingerprint density at radius 1 is 0.706 bits per heavy atom. The molecule has 176 valence electrons. The molecule has 9 heteroatoms. The van der Waals surface area contributed by atoms with Crippen molar-refractivity contribution in [3.8, 4) is 0 Å². The van der Waals surface area contributed by atoms with E-state index in [0.29, 0.717) is 19.6 Å². The van der Waals surface area contributed by atoms with Gasteiger partial charge >= 0.3 is 5.97 Å². The van der Waals surface area contributed by atoms with E-state index in [-0.39, 0.29) is 32.1 Å². The molecule has 0 radical (unpaired) electrons. The number of carboxylic acids is 1. The molecule has 0 aliphatic heterocycles. The molecule has 4 aromatic rings. The molecule has 4 heterocycles. The summed E-state index contributed by atoms with van der Waals surface area (Å²) in [5, 5.41) is 17.6. The summed E-state index contributed by atoms with van der Waals surface area (Å²) in [5.41, 5.74) is 3.89. The first-order chi connectivity index (χ1) is 16.1. The number of hydrogen-bond acceptors (Lipinski definition) is 7. The van der Waals surface area contributed by atoms with Crippen molar-refractivity contribution in [2.45, 2.75) is 26.2 Å². The predicted molar refractivity (Wildman–Crippen MR) is 123 cm³/mol. The van der Waals surface area contributed by atoms with E-state index in [9.17, 15) is 9.90 Å². The molecule has 0 unspecified atom stereocenters. The Kier molecular flexibility index (Phi) is 11.6. The summed E-state index contributed by atoms with van der Waals surface area (Å²) in [4.78, 5) is 29.2. The van der Waals surface area contributed by atoms with Gasteiger partial charge in [0.1, 0.15) is 5.69 Å². The summed E-state index contributed by atoms with van der Waals surface area (Å²) in [6.07, 6.45) is 6.79. The first-order valence-corrected chi connectivity index (χ1v) is 10.3. The van der Waals surface area contributed by atoms with Crippen LogP contribution in [-0.2, 0) is 46.0 Å². The van der Waals surface area contributed by atoms with E-state index in [1.54, 1.807) is 30.7 Å². The van der Waals surface area contributed by atoms with Gasteiger partial charge in [0.05, 0.1) is 23.7 Å². The van der Waals surface area contributed by atoms with Gasteiger partial charge in [-0.25, -0.2) is 9.78 Å². The second kappa shape index (κ2) is 14.7. The number of carboxylic acid groups (broad SMARTS) is 1. The van der Waals surface area contributed by atoms with Crippen LogP contribution in [0.25, 0.3) is 0 Å². The second-order valence-corrected chi connectivity index (χ2v) is 7.12. The molecule has 4 rings (SSSR count). The maximum Gasteiger partial charge on any atom is 0.354 e. The van der Waals surface area contributed by atoms with Gasteiger partial charge in [-0.2, -0.15) is 0 Å². The Balaban J connectivity index is 0.000000345. The topological polar surface area (TPSA) is 112 Å². The van der Waals surface area contributed by atoms with E-state index in [1.807, 2.05) is 48.5 Å². The molecular weight excluding hydrogens is 609 g/mol. The fraction of sp³-hybridized carbons (Fsp3) is 0.160. The molecule has 4 aromatic heterocycles. The molecule has 0 saturated heterocycles. The van der Waals surface area contributed by atoms with Crippen molar-refractivity contribution in [3.63, 3.8) is 0 Å². The molecule has 0 aliphatic carbocycles. The molecule has 0 spiro atoms. The normalized spacial score (nSPS) is 10.1. The van der Waals surface area contributed by atoms with Crippen molar-refractivity contribution < 1.29 is 34.8 Å². The fourth-order valence-corrected chi connectivity index (χ4v) is 3.04. The summed E-state index contributed by atoms with van der Waals surface area (Å²) in [5.74, 6) is -0.990. The fourth-order valence-electron chi connectivity index (χ4n) is 3.04. The number of aromatic nitrogens is 4. The summed E-state index contributed by atoms with van der Waals surface area (Å²) in [7, 11) is 0. The van der Waals surface area contributed by atoms with Crippen LogP contribution in [0.4, 0.5) is 0 Å². The van der Waals surface area contributed by atoms with Gasteiger partial charge in [-0.05, 0) is 54.1 Å². The summed E-state index contributed by atoms with van der Waals surface area (Å²) in [6, 6.07) is 20.4. The van der Waals surface area contributed by atoms with Crippen molar-refractivity contribution in [3.05, 3.63) is 120 Å². The minimum absolute atomic E-state index is 0. The molecule has 0 atom stereocenters. The predicted octanol–water partition coefficient (Wildman–Crippen LogP) is 3.34. The summed E-state index contributed by atoms with van der Waals surface area (Å²) < 4.78 is 0.